The van der Waals surface area contributed by atoms with E-state index in [4.69, 9.17) is 5.41 Å². The average molecular weight is 973 g/mol. The second kappa shape index (κ2) is 22.2. The second-order valence-electron chi connectivity index (χ2n) is 17.3. The van der Waals surface area contributed by atoms with E-state index in [0.29, 0.717) is 43.1 Å². The molecule has 0 unspecified atom stereocenters. The Morgan fingerprint density at radius 1 is 0.731 bits per heavy atom. The number of amides is 2. The minimum absolute atomic E-state index is 0. The highest BCUT2D eigenvalue weighted by Gasteiger charge is 2.59. The van der Waals surface area contributed by atoms with Crippen LogP contribution >= 0.6 is 27.0 Å². The van der Waals surface area contributed by atoms with Crippen LogP contribution in [0.2, 0.25) is 0 Å². The summed E-state index contributed by atoms with van der Waals surface area (Å²) in [5.41, 5.74) is -0.230. The van der Waals surface area contributed by atoms with Crippen molar-refractivity contribution < 1.29 is 35.9 Å². The van der Waals surface area contributed by atoms with Gasteiger partial charge in [-0.2, -0.15) is 58.6 Å². The predicted molar refractivity (Wildman–Crippen MR) is 262 cm³/mol. The zero-order chi connectivity index (χ0) is 46.8. The second-order valence-corrected chi connectivity index (χ2v) is 17.3. The van der Waals surface area contributed by atoms with Crippen LogP contribution in [0.3, 0.4) is 0 Å². The van der Waals surface area contributed by atoms with Gasteiger partial charge in [0.15, 0.2) is 5.54 Å². The molecule has 364 valence electrons. The quantitative estimate of drug-likeness (QED) is 0.144. The van der Waals surface area contributed by atoms with Crippen molar-refractivity contribution in [2.45, 2.75) is 96.6 Å². The number of anilines is 2. The molecule has 4 aromatic carbocycles. The fourth-order valence-corrected chi connectivity index (χ4v) is 8.74. The Labute approximate surface area is 404 Å². The van der Waals surface area contributed by atoms with Crippen molar-refractivity contribution >= 4 is 56.0 Å². The number of carbonyl (C=O) groups excluding carboxylic acids is 2. The lowest BCUT2D eigenvalue weighted by Gasteiger charge is -2.62. The van der Waals surface area contributed by atoms with Crippen molar-refractivity contribution in [3.05, 3.63) is 131 Å². The number of carbonyl (C=O) groups is 2. The summed E-state index contributed by atoms with van der Waals surface area (Å²) >= 11 is 0. The Balaban J connectivity index is 0.000000340. The lowest BCUT2D eigenvalue weighted by atomic mass is 9.80. The van der Waals surface area contributed by atoms with E-state index in [1.807, 2.05) is 105 Å². The number of benzene rings is 4. The molecule has 2 amide bonds. The molecule has 4 aromatic rings. The highest BCUT2D eigenvalue weighted by Crippen LogP contribution is 2.43. The normalized spacial score (nSPS) is 17.1. The van der Waals surface area contributed by atoms with Gasteiger partial charge >= 0.3 is 12.4 Å². The maximum absolute atomic E-state index is 13.3. The van der Waals surface area contributed by atoms with Crippen LogP contribution < -0.4 is 15.1 Å². The van der Waals surface area contributed by atoms with Gasteiger partial charge in [0.2, 0.25) is 11.8 Å². The summed E-state index contributed by atoms with van der Waals surface area (Å²) in [7, 11) is 0. The van der Waals surface area contributed by atoms with E-state index >= 15 is 0 Å². The molecule has 67 heavy (non-hydrogen) atoms. The molecule has 2 atom stereocenters. The van der Waals surface area contributed by atoms with Crippen LogP contribution in [0.15, 0.2) is 109 Å². The van der Waals surface area contributed by atoms with Crippen LogP contribution in [0.4, 0.5) is 37.7 Å². The third-order valence-corrected chi connectivity index (χ3v) is 12.3. The fourth-order valence-electron chi connectivity index (χ4n) is 8.74. The van der Waals surface area contributed by atoms with Gasteiger partial charge in [0.05, 0.1) is 68.5 Å². The molecule has 18 heteroatoms. The first-order valence-corrected chi connectivity index (χ1v) is 21.2. The average Bonchev–Trinajstić information content (AvgIpc) is 3.23. The van der Waals surface area contributed by atoms with E-state index in [9.17, 15) is 41.2 Å². The Morgan fingerprint density at radius 3 is 1.57 bits per heavy atom. The minimum Gasteiger partial charge on any atom is -0.366 e. The van der Waals surface area contributed by atoms with Crippen molar-refractivity contribution in [2.24, 2.45) is 0 Å². The number of rotatable bonds is 11. The van der Waals surface area contributed by atoms with Gasteiger partial charge in [-0.05, 0) is 87.4 Å². The van der Waals surface area contributed by atoms with Crippen LogP contribution in [-0.4, -0.2) is 94.8 Å². The monoisotopic (exact) mass is 972 g/mol. The molecule has 2 N–H and O–H groups in total. The molecule has 3 heterocycles. The van der Waals surface area contributed by atoms with Crippen LogP contribution in [0, 0.1) is 16.7 Å². The topological polar surface area (TPSA) is 110 Å². The summed E-state index contributed by atoms with van der Waals surface area (Å²) in [6.07, 6.45) is -8.84. The highest BCUT2D eigenvalue weighted by atomic mass is 32.1. The van der Waals surface area contributed by atoms with Crippen LogP contribution in [-0.2, 0) is 21.9 Å². The summed E-state index contributed by atoms with van der Waals surface area (Å²) in [5, 5.41) is 22.2. The molecule has 10 nitrogen and oxygen atoms in total. The number of amidine groups is 1. The van der Waals surface area contributed by atoms with Crippen molar-refractivity contribution in [1.82, 2.24) is 20.0 Å². The largest absolute Gasteiger partial charge is 0.416 e. The van der Waals surface area contributed by atoms with Gasteiger partial charge in [-0.1, -0.05) is 81.9 Å². The summed E-state index contributed by atoms with van der Waals surface area (Å²) < 4.78 is 77.9. The lowest BCUT2D eigenvalue weighted by molar-refractivity contribution is -0.144. The third kappa shape index (κ3) is 11.8. The summed E-state index contributed by atoms with van der Waals surface area (Å²) in [5.74, 6) is 0.00760. The number of piperazine rings is 1. The number of para-hydroxylation sites is 2. The van der Waals surface area contributed by atoms with E-state index in [0.717, 1.165) is 35.6 Å². The van der Waals surface area contributed by atoms with Gasteiger partial charge in [-0.15, -0.1) is 0 Å². The fraction of sp³-hybridized carbons (Fsp3) is 0.429. The number of hydrogen-bond donors (Lipinski definition) is 2. The van der Waals surface area contributed by atoms with Crippen molar-refractivity contribution in [3.63, 3.8) is 0 Å². The zero-order valence-corrected chi connectivity index (χ0v) is 39.7. The zero-order valence-electron chi connectivity index (χ0n) is 37.7. The minimum atomic E-state index is -4.43. The third-order valence-electron chi connectivity index (χ3n) is 12.3. The Kier molecular flexibility index (Phi) is 18.5. The maximum atomic E-state index is 13.3. The smallest absolute Gasteiger partial charge is 0.366 e. The van der Waals surface area contributed by atoms with Crippen LogP contribution in [0.25, 0.3) is 0 Å². The number of nitrogens with zero attached hydrogens (tertiary/aromatic N) is 6. The summed E-state index contributed by atoms with van der Waals surface area (Å²) in [4.78, 5) is 35.8. The van der Waals surface area contributed by atoms with E-state index < -0.39 is 46.6 Å². The van der Waals surface area contributed by atoms with Gasteiger partial charge in [0.1, 0.15) is 11.4 Å². The molecule has 1 spiro atoms. The standard InChI is InChI=1S/2C24H27F3N4O.CH4.2H2S/c1-16(2)30-13-21(32)31(17(3)18-9-11-19(12-10-18)24(25,26)27)23(22(30)28)14-29(15-23)20-7-5-4-6-8-20;1-17(2)29-13-22(32)31(18(3)19-9-11-20(12-10-19)24(25,26)27)23(14-28)15-30(16-23)21-7-5-4-6-8-21;;;/h4-12,16-17,28H,13-15H2,1-3H3;4-12,17-18,29H,13,15-16H2,1-3H3;1H4;2*1H2/t17-;18-;;;/m00.../s1. The van der Waals surface area contributed by atoms with E-state index in [2.05, 4.69) is 16.3 Å². The number of halogens is 6. The number of alkyl halides is 6. The number of hydrogen-bond acceptors (Lipinski definition) is 7. The lowest BCUT2D eigenvalue weighted by Crippen LogP contribution is -2.81. The maximum Gasteiger partial charge on any atom is 0.416 e. The molecule has 3 aliphatic heterocycles. The first-order chi connectivity index (χ1) is 30.1. The number of nitriles is 1. The molecule has 3 fully saturated rings. The van der Waals surface area contributed by atoms with Crippen molar-refractivity contribution in [1.29, 1.82) is 10.7 Å². The van der Waals surface area contributed by atoms with Gasteiger partial charge in [-0.3, -0.25) is 15.0 Å². The summed E-state index contributed by atoms with van der Waals surface area (Å²) in [6.45, 7) is 13.0. The first kappa shape index (κ1) is 55.9. The van der Waals surface area contributed by atoms with Gasteiger partial charge < -0.3 is 29.8 Å². The Bertz CT molecular complexity index is 2300. The highest BCUT2D eigenvalue weighted by molar-refractivity contribution is 7.59. The van der Waals surface area contributed by atoms with Crippen molar-refractivity contribution in [3.8, 4) is 6.07 Å². The molecule has 3 aliphatic rings. The van der Waals surface area contributed by atoms with Gasteiger partial charge in [0.25, 0.3) is 0 Å². The van der Waals surface area contributed by atoms with E-state index in [1.54, 1.807) is 11.8 Å². The SMILES string of the molecule is C.CC(C)N1CC(=O)N([C@@H](C)c2ccc(C(F)(F)F)cc2)C2(CN(c3ccccc3)C2)C1=N.CC(C)NCC(=O)N([C@@H](C)c1ccc(C(F)(F)F)cc1)C1(C#N)CN(c2ccccc2)C1.S.S. The molecular weight excluding hydrogens is 911 g/mol. The summed E-state index contributed by atoms with van der Waals surface area (Å²) in [6, 6.07) is 30.5. The predicted octanol–water partition coefficient (Wildman–Crippen LogP) is 9.79. The van der Waals surface area contributed by atoms with Gasteiger partial charge in [-0.25, -0.2) is 0 Å². The number of nitrogens with one attached hydrogen (secondary N) is 2. The molecular formula is C49H62F6N8O2S2. The van der Waals surface area contributed by atoms with Gasteiger partial charge in [0, 0.05) is 23.5 Å². The van der Waals surface area contributed by atoms with Crippen LogP contribution in [0.1, 0.15) is 83.3 Å². The van der Waals surface area contributed by atoms with Crippen molar-refractivity contribution in [2.75, 3.05) is 49.1 Å². The van der Waals surface area contributed by atoms with E-state index in [1.165, 1.54) is 29.2 Å². The molecule has 0 bridgehead atoms. The molecule has 0 radical (unpaired) electrons. The molecule has 0 saturated carbocycles. The first-order valence-electron chi connectivity index (χ1n) is 21.2. The molecule has 7 rings (SSSR count). The molecule has 0 aliphatic carbocycles. The van der Waals surface area contributed by atoms with Crippen LogP contribution in [0.5, 0.6) is 0 Å². The Hall–Kier alpha value is -5.38. The van der Waals surface area contributed by atoms with E-state index in [-0.39, 0.29) is 71.4 Å². The molecule has 0 aromatic heterocycles. The Morgan fingerprint density at radius 2 is 1.16 bits per heavy atom. The molecule has 3 saturated heterocycles.